The van der Waals surface area contributed by atoms with Crippen LogP contribution in [0.25, 0.3) is 0 Å². The SMILES string of the molecule is COCC(CO)Nc1ccc(C(=O)O)nn1. The highest BCUT2D eigenvalue weighted by Gasteiger charge is 2.09. The number of carboxylic acid groups (broad SMARTS) is 1. The third-order valence-corrected chi connectivity index (χ3v) is 1.82. The maximum Gasteiger partial charge on any atom is 0.356 e. The molecular weight excluding hydrogens is 214 g/mol. The van der Waals surface area contributed by atoms with Crippen molar-refractivity contribution in [2.24, 2.45) is 0 Å². The monoisotopic (exact) mass is 227 g/mol. The topological polar surface area (TPSA) is 105 Å². The first kappa shape index (κ1) is 12.3. The Bertz CT molecular complexity index is 341. The van der Waals surface area contributed by atoms with Gasteiger partial charge >= 0.3 is 5.97 Å². The van der Waals surface area contributed by atoms with Crippen molar-refractivity contribution in [3.8, 4) is 0 Å². The number of anilines is 1. The van der Waals surface area contributed by atoms with E-state index < -0.39 is 5.97 Å². The molecule has 1 aromatic heterocycles. The van der Waals surface area contributed by atoms with Crippen LogP contribution in [0.4, 0.5) is 5.82 Å². The van der Waals surface area contributed by atoms with Crippen LogP contribution >= 0.6 is 0 Å². The van der Waals surface area contributed by atoms with E-state index >= 15 is 0 Å². The van der Waals surface area contributed by atoms with Crippen molar-refractivity contribution in [3.05, 3.63) is 17.8 Å². The second kappa shape index (κ2) is 5.99. The van der Waals surface area contributed by atoms with Gasteiger partial charge in [-0.15, -0.1) is 10.2 Å². The van der Waals surface area contributed by atoms with Crippen LogP contribution in [0.2, 0.25) is 0 Å². The van der Waals surface area contributed by atoms with Crippen molar-refractivity contribution in [1.29, 1.82) is 0 Å². The number of carboxylic acids is 1. The minimum absolute atomic E-state index is 0.115. The molecule has 1 aromatic rings. The van der Waals surface area contributed by atoms with Crippen molar-refractivity contribution in [1.82, 2.24) is 10.2 Å². The van der Waals surface area contributed by atoms with Crippen molar-refractivity contribution in [2.45, 2.75) is 6.04 Å². The number of aromatic carboxylic acids is 1. The van der Waals surface area contributed by atoms with Gasteiger partial charge < -0.3 is 20.3 Å². The summed E-state index contributed by atoms with van der Waals surface area (Å²) in [5, 5.41) is 27.6. The van der Waals surface area contributed by atoms with Gasteiger partial charge in [0.2, 0.25) is 0 Å². The van der Waals surface area contributed by atoms with E-state index in [0.29, 0.717) is 12.4 Å². The molecule has 7 heteroatoms. The lowest BCUT2D eigenvalue weighted by atomic mass is 10.3. The molecule has 7 nitrogen and oxygen atoms in total. The van der Waals surface area contributed by atoms with E-state index in [-0.39, 0.29) is 18.3 Å². The first-order valence-electron chi connectivity index (χ1n) is 4.60. The molecule has 0 aromatic carbocycles. The zero-order valence-corrected chi connectivity index (χ0v) is 8.75. The van der Waals surface area contributed by atoms with Crippen LogP contribution in [0.5, 0.6) is 0 Å². The molecule has 0 aliphatic rings. The first-order valence-corrected chi connectivity index (χ1v) is 4.60. The lowest BCUT2D eigenvalue weighted by molar-refractivity contribution is 0.0689. The van der Waals surface area contributed by atoms with E-state index in [0.717, 1.165) is 0 Å². The fourth-order valence-electron chi connectivity index (χ4n) is 1.07. The van der Waals surface area contributed by atoms with Gasteiger partial charge in [0, 0.05) is 7.11 Å². The van der Waals surface area contributed by atoms with Crippen molar-refractivity contribution in [2.75, 3.05) is 25.6 Å². The van der Waals surface area contributed by atoms with Crippen molar-refractivity contribution in [3.63, 3.8) is 0 Å². The minimum atomic E-state index is -1.13. The Morgan fingerprint density at radius 3 is 2.75 bits per heavy atom. The lowest BCUT2D eigenvalue weighted by Gasteiger charge is -2.14. The van der Waals surface area contributed by atoms with E-state index in [2.05, 4.69) is 15.5 Å². The number of nitrogens with zero attached hydrogens (tertiary/aromatic N) is 2. The predicted molar refractivity (Wildman–Crippen MR) is 55.4 cm³/mol. The van der Waals surface area contributed by atoms with Gasteiger partial charge in [-0.2, -0.15) is 0 Å². The number of hydrogen-bond acceptors (Lipinski definition) is 6. The number of nitrogens with one attached hydrogen (secondary N) is 1. The summed E-state index contributed by atoms with van der Waals surface area (Å²) < 4.78 is 4.86. The van der Waals surface area contributed by atoms with Gasteiger partial charge in [-0.05, 0) is 12.1 Å². The van der Waals surface area contributed by atoms with Gasteiger partial charge in [0.1, 0.15) is 5.82 Å². The Kier molecular flexibility index (Phi) is 4.62. The molecule has 3 N–H and O–H groups in total. The standard InChI is InChI=1S/C9H13N3O4/c1-16-5-6(4-13)10-8-3-2-7(9(14)15)11-12-8/h2-3,6,13H,4-5H2,1H3,(H,10,12)(H,14,15). The van der Waals surface area contributed by atoms with Crippen LogP contribution < -0.4 is 5.32 Å². The highest BCUT2D eigenvalue weighted by atomic mass is 16.5. The number of ether oxygens (including phenoxy) is 1. The van der Waals surface area contributed by atoms with E-state index in [1.165, 1.54) is 19.2 Å². The molecule has 0 radical (unpaired) electrons. The van der Waals surface area contributed by atoms with Crippen LogP contribution in [0, 0.1) is 0 Å². The Morgan fingerprint density at radius 1 is 1.56 bits per heavy atom. The van der Waals surface area contributed by atoms with Gasteiger partial charge in [-0.3, -0.25) is 0 Å². The number of aromatic nitrogens is 2. The highest BCUT2D eigenvalue weighted by Crippen LogP contribution is 2.04. The summed E-state index contributed by atoms with van der Waals surface area (Å²) >= 11 is 0. The summed E-state index contributed by atoms with van der Waals surface area (Å²) in [5.74, 6) is -0.740. The lowest BCUT2D eigenvalue weighted by Crippen LogP contribution is -2.29. The second-order valence-electron chi connectivity index (χ2n) is 3.09. The molecule has 0 spiro atoms. The smallest absolute Gasteiger partial charge is 0.356 e. The Labute approximate surface area is 92.1 Å². The highest BCUT2D eigenvalue weighted by molar-refractivity contribution is 5.85. The summed E-state index contributed by atoms with van der Waals surface area (Å²) in [6, 6.07) is 2.52. The zero-order valence-electron chi connectivity index (χ0n) is 8.75. The van der Waals surface area contributed by atoms with Crippen LogP contribution in [0.15, 0.2) is 12.1 Å². The molecular formula is C9H13N3O4. The average molecular weight is 227 g/mol. The summed E-state index contributed by atoms with van der Waals surface area (Å²) in [7, 11) is 1.52. The molecule has 16 heavy (non-hydrogen) atoms. The number of rotatable bonds is 6. The third kappa shape index (κ3) is 3.44. The first-order chi connectivity index (χ1) is 7.67. The van der Waals surface area contributed by atoms with Gasteiger partial charge in [0.25, 0.3) is 0 Å². The van der Waals surface area contributed by atoms with Gasteiger partial charge in [-0.1, -0.05) is 0 Å². The van der Waals surface area contributed by atoms with Gasteiger partial charge in [-0.25, -0.2) is 4.79 Å². The third-order valence-electron chi connectivity index (χ3n) is 1.82. The Hall–Kier alpha value is -1.73. The minimum Gasteiger partial charge on any atom is -0.476 e. The normalized spacial score (nSPS) is 12.1. The summed E-state index contributed by atoms with van der Waals surface area (Å²) in [4.78, 5) is 10.5. The fraction of sp³-hybridized carbons (Fsp3) is 0.444. The maximum absolute atomic E-state index is 10.5. The van der Waals surface area contributed by atoms with Gasteiger partial charge in [0.15, 0.2) is 5.69 Å². The second-order valence-corrected chi connectivity index (χ2v) is 3.09. The molecule has 1 atom stereocenters. The predicted octanol–water partition coefficient (Wildman–Crippen LogP) is -0.406. The van der Waals surface area contributed by atoms with Gasteiger partial charge in [0.05, 0.1) is 19.3 Å². The average Bonchev–Trinajstić information content (AvgIpc) is 2.29. The summed E-state index contributed by atoms with van der Waals surface area (Å²) in [5.41, 5.74) is -0.127. The molecule has 0 aliphatic carbocycles. The number of aliphatic hydroxyl groups is 1. The molecule has 0 saturated carbocycles. The van der Waals surface area contributed by atoms with Crippen LogP contribution in [0.1, 0.15) is 10.5 Å². The fourth-order valence-corrected chi connectivity index (χ4v) is 1.07. The maximum atomic E-state index is 10.5. The van der Waals surface area contributed by atoms with Crippen LogP contribution in [0.3, 0.4) is 0 Å². The molecule has 0 bridgehead atoms. The molecule has 0 aliphatic heterocycles. The molecule has 1 heterocycles. The summed E-state index contributed by atoms with van der Waals surface area (Å²) in [6.45, 7) is 0.203. The van der Waals surface area contributed by atoms with E-state index in [1.807, 2.05) is 0 Å². The van der Waals surface area contributed by atoms with E-state index in [4.69, 9.17) is 14.9 Å². The number of carbonyl (C=O) groups is 1. The zero-order chi connectivity index (χ0) is 12.0. The number of aliphatic hydroxyl groups excluding tert-OH is 1. The Balaban J connectivity index is 2.63. The van der Waals surface area contributed by atoms with Crippen LogP contribution in [-0.2, 0) is 4.74 Å². The Morgan fingerprint density at radius 2 is 2.31 bits per heavy atom. The quantitative estimate of drug-likeness (QED) is 0.607. The number of hydrogen-bond donors (Lipinski definition) is 3. The molecule has 1 unspecified atom stereocenters. The molecule has 1 rings (SSSR count). The van der Waals surface area contributed by atoms with Crippen molar-refractivity contribution >= 4 is 11.8 Å². The number of methoxy groups -OCH3 is 1. The largest absolute Gasteiger partial charge is 0.476 e. The molecule has 0 fully saturated rings. The summed E-state index contributed by atoms with van der Waals surface area (Å²) in [6.07, 6.45) is 0. The van der Waals surface area contributed by atoms with E-state index in [9.17, 15) is 4.79 Å². The molecule has 0 amide bonds. The van der Waals surface area contributed by atoms with Crippen molar-refractivity contribution < 1.29 is 19.7 Å². The molecule has 88 valence electrons. The molecule has 0 saturated heterocycles. The van der Waals surface area contributed by atoms with E-state index in [1.54, 1.807) is 0 Å². The van der Waals surface area contributed by atoms with Crippen LogP contribution in [-0.4, -0.2) is 52.7 Å².